The molecular formula is C12H12O4. The Kier molecular flexibility index (Phi) is 3.83. The molecule has 0 unspecified atom stereocenters. The van der Waals surface area contributed by atoms with Crippen LogP contribution >= 0.6 is 0 Å². The van der Waals surface area contributed by atoms with Crippen LogP contribution < -0.4 is 4.74 Å². The standard InChI is InChI=1S/C12H12O4/c1-8(7-11(13)14)12(15)9-3-5-10(16-2)6-4-9/h3-7H,1-2H3,(H,13,14)/b8-7-. The highest BCUT2D eigenvalue weighted by Gasteiger charge is 2.09. The normalized spacial score (nSPS) is 11.0. The summed E-state index contributed by atoms with van der Waals surface area (Å²) in [7, 11) is 1.53. The summed E-state index contributed by atoms with van der Waals surface area (Å²) < 4.78 is 4.95. The molecule has 0 aliphatic rings. The van der Waals surface area contributed by atoms with Gasteiger partial charge in [0.2, 0.25) is 0 Å². The fraction of sp³-hybridized carbons (Fsp3) is 0.167. The second-order valence-electron chi connectivity index (χ2n) is 3.22. The first kappa shape index (κ1) is 12.0. The van der Waals surface area contributed by atoms with Gasteiger partial charge in [-0.2, -0.15) is 0 Å². The predicted molar refractivity (Wildman–Crippen MR) is 58.7 cm³/mol. The number of hydrogen-bond donors (Lipinski definition) is 1. The number of carbonyl (C=O) groups excluding carboxylic acids is 1. The van der Waals surface area contributed by atoms with E-state index in [9.17, 15) is 9.59 Å². The lowest BCUT2D eigenvalue weighted by Gasteiger charge is -2.02. The van der Waals surface area contributed by atoms with Gasteiger partial charge in [-0.15, -0.1) is 0 Å². The summed E-state index contributed by atoms with van der Waals surface area (Å²) in [6.45, 7) is 1.47. The number of ketones is 1. The Morgan fingerprint density at radius 1 is 1.25 bits per heavy atom. The van der Waals surface area contributed by atoms with Crippen LogP contribution in [0, 0.1) is 0 Å². The largest absolute Gasteiger partial charge is 0.497 e. The molecule has 4 heteroatoms. The monoisotopic (exact) mass is 220 g/mol. The summed E-state index contributed by atoms with van der Waals surface area (Å²) in [6.07, 6.45) is 0.895. The second kappa shape index (κ2) is 5.11. The van der Waals surface area contributed by atoms with Crippen molar-refractivity contribution < 1.29 is 19.4 Å². The smallest absolute Gasteiger partial charge is 0.328 e. The first-order valence-corrected chi connectivity index (χ1v) is 4.64. The highest BCUT2D eigenvalue weighted by molar-refractivity contribution is 6.10. The van der Waals surface area contributed by atoms with Gasteiger partial charge in [-0.1, -0.05) is 0 Å². The lowest BCUT2D eigenvalue weighted by atomic mass is 10.0. The molecule has 0 spiro atoms. The van der Waals surface area contributed by atoms with Gasteiger partial charge < -0.3 is 9.84 Å². The van der Waals surface area contributed by atoms with Crippen molar-refractivity contribution in [1.82, 2.24) is 0 Å². The number of allylic oxidation sites excluding steroid dienone is 1. The molecule has 0 bridgehead atoms. The number of benzene rings is 1. The number of carbonyl (C=O) groups is 2. The van der Waals surface area contributed by atoms with E-state index in [2.05, 4.69) is 0 Å². The molecule has 1 aromatic carbocycles. The zero-order chi connectivity index (χ0) is 12.1. The SMILES string of the molecule is COc1ccc(C(=O)/C(C)=C\C(=O)O)cc1. The molecule has 0 aliphatic carbocycles. The number of carboxylic acid groups (broad SMARTS) is 1. The molecule has 1 aromatic rings. The van der Waals surface area contributed by atoms with Crippen LogP contribution in [-0.2, 0) is 4.79 Å². The molecule has 1 rings (SSSR count). The molecule has 0 fully saturated rings. The van der Waals surface area contributed by atoms with Gasteiger partial charge in [0.25, 0.3) is 0 Å². The van der Waals surface area contributed by atoms with E-state index >= 15 is 0 Å². The highest BCUT2D eigenvalue weighted by atomic mass is 16.5. The van der Waals surface area contributed by atoms with Crippen LogP contribution in [0.4, 0.5) is 0 Å². The first-order valence-electron chi connectivity index (χ1n) is 4.64. The third-order valence-corrected chi connectivity index (χ3v) is 2.05. The van der Waals surface area contributed by atoms with Crippen LogP contribution in [0.15, 0.2) is 35.9 Å². The number of Topliss-reactive ketones (excluding diaryl/α,β-unsaturated/α-hetero) is 1. The number of methoxy groups -OCH3 is 1. The van der Waals surface area contributed by atoms with Crippen LogP contribution in [0.1, 0.15) is 17.3 Å². The van der Waals surface area contributed by atoms with Gasteiger partial charge in [0.05, 0.1) is 7.11 Å². The number of rotatable bonds is 4. The summed E-state index contributed by atoms with van der Waals surface area (Å²) in [5.74, 6) is -0.777. The number of carboxylic acids is 1. The molecule has 4 nitrogen and oxygen atoms in total. The summed E-state index contributed by atoms with van der Waals surface area (Å²) >= 11 is 0. The third-order valence-electron chi connectivity index (χ3n) is 2.05. The van der Waals surface area contributed by atoms with Crippen molar-refractivity contribution in [2.75, 3.05) is 7.11 Å². The van der Waals surface area contributed by atoms with Crippen molar-refractivity contribution in [3.8, 4) is 5.75 Å². The Labute approximate surface area is 93.2 Å². The summed E-state index contributed by atoms with van der Waals surface area (Å²) in [4.78, 5) is 22.1. The van der Waals surface area contributed by atoms with Crippen molar-refractivity contribution in [1.29, 1.82) is 0 Å². The van der Waals surface area contributed by atoms with E-state index in [4.69, 9.17) is 9.84 Å². The first-order chi connectivity index (χ1) is 7.54. The van der Waals surface area contributed by atoms with E-state index in [0.29, 0.717) is 11.3 Å². The van der Waals surface area contributed by atoms with E-state index in [-0.39, 0.29) is 11.4 Å². The van der Waals surface area contributed by atoms with Crippen LogP contribution in [-0.4, -0.2) is 24.0 Å². The average Bonchev–Trinajstić information content (AvgIpc) is 2.27. The lowest BCUT2D eigenvalue weighted by molar-refractivity contribution is -0.131. The zero-order valence-electron chi connectivity index (χ0n) is 9.06. The molecule has 0 amide bonds. The van der Waals surface area contributed by atoms with Crippen LogP contribution in [0.5, 0.6) is 5.75 Å². The Morgan fingerprint density at radius 2 is 1.81 bits per heavy atom. The van der Waals surface area contributed by atoms with Crippen LogP contribution in [0.2, 0.25) is 0 Å². The van der Waals surface area contributed by atoms with Gasteiger partial charge in [0.15, 0.2) is 5.78 Å². The van der Waals surface area contributed by atoms with E-state index in [0.717, 1.165) is 6.08 Å². The Bertz CT molecular complexity index is 429. The van der Waals surface area contributed by atoms with E-state index in [1.165, 1.54) is 14.0 Å². The van der Waals surface area contributed by atoms with Crippen LogP contribution in [0.25, 0.3) is 0 Å². The molecule has 1 N–H and O–H groups in total. The van der Waals surface area contributed by atoms with E-state index in [1.807, 2.05) is 0 Å². The minimum Gasteiger partial charge on any atom is -0.497 e. The lowest BCUT2D eigenvalue weighted by Crippen LogP contribution is -2.03. The second-order valence-corrected chi connectivity index (χ2v) is 3.22. The third kappa shape index (κ3) is 2.95. The van der Waals surface area contributed by atoms with Gasteiger partial charge in [0, 0.05) is 17.2 Å². The molecule has 0 aliphatic heterocycles. The Morgan fingerprint density at radius 3 is 2.25 bits per heavy atom. The number of aliphatic carboxylic acids is 1. The maximum absolute atomic E-state index is 11.7. The minimum atomic E-state index is -1.13. The molecule has 0 heterocycles. The van der Waals surface area contributed by atoms with Gasteiger partial charge in [0.1, 0.15) is 5.75 Å². The summed E-state index contributed by atoms with van der Waals surface area (Å²) in [5, 5.41) is 8.51. The van der Waals surface area contributed by atoms with Gasteiger partial charge in [-0.25, -0.2) is 4.79 Å². The molecule has 16 heavy (non-hydrogen) atoms. The molecule has 0 radical (unpaired) electrons. The minimum absolute atomic E-state index is 0.192. The van der Waals surface area contributed by atoms with Gasteiger partial charge in [-0.3, -0.25) is 4.79 Å². The van der Waals surface area contributed by atoms with Crippen molar-refractivity contribution in [2.24, 2.45) is 0 Å². The fourth-order valence-electron chi connectivity index (χ4n) is 1.22. The molecule has 0 aromatic heterocycles. The van der Waals surface area contributed by atoms with Crippen molar-refractivity contribution in [2.45, 2.75) is 6.92 Å². The average molecular weight is 220 g/mol. The van der Waals surface area contributed by atoms with Crippen LogP contribution in [0.3, 0.4) is 0 Å². The Balaban J connectivity index is 2.92. The van der Waals surface area contributed by atoms with Crippen molar-refractivity contribution >= 4 is 11.8 Å². The van der Waals surface area contributed by atoms with Gasteiger partial charge in [-0.05, 0) is 31.2 Å². The van der Waals surface area contributed by atoms with E-state index < -0.39 is 5.97 Å². The van der Waals surface area contributed by atoms with Crippen molar-refractivity contribution in [3.63, 3.8) is 0 Å². The fourth-order valence-corrected chi connectivity index (χ4v) is 1.22. The highest BCUT2D eigenvalue weighted by Crippen LogP contribution is 2.14. The predicted octanol–water partition coefficient (Wildman–Crippen LogP) is 1.91. The number of ether oxygens (including phenoxy) is 1. The number of hydrogen-bond acceptors (Lipinski definition) is 3. The van der Waals surface area contributed by atoms with Crippen molar-refractivity contribution in [3.05, 3.63) is 41.5 Å². The Hall–Kier alpha value is -2.10. The topological polar surface area (TPSA) is 63.6 Å². The van der Waals surface area contributed by atoms with E-state index in [1.54, 1.807) is 24.3 Å². The molecule has 0 atom stereocenters. The maximum atomic E-state index is 11.7. The molecular weight excluding hydrogens is 208 g/mol. The summed E-state index contributed by atoms with van der Waals surface area (Å²) in [5.41, 5.74) is 0.633. The summed E-state index contributed by atoms with van der Waals surface area (Å²) in [6, 6.07) is 6.50. The zero-order valence-corrected chi connectivity index (χ0v) is 9.06. The molecule has 0 saturated carbocycles. The molecule has 0 saturated heterocycles. The van der Waals surface area contributed by atoms with Gasteiger partial charge >= 0.3 is 5.97 Å². The maximum Gasteiger partial charge on any atom is 0.328 e. The quantitative estimate of drug-likeness (QED) is 0.621. The molecule has 84 valence electrons.